The molecule has 0 radical (unpaired) electrons. The van der Waals surface area contributed by atoms with Gasteiger partial charge in [0, 0.05) is 66.5 Å². The van der Waals surface area contributed by atoms with Gasteiger partial charge in [-0.3, -0.25) is 0 Å². The second-order valence-electron chi connectivity index (χ2n) is 31.6. The van der Waals surface area contributed by atoms with Crippen molar-refractivity contribution in [1.82, 2.24) is 59.8 Å². The molecule has 0 unspecified atom stereocenters. The normalized spacial score (nSPS) is 12.1. The third-order valence-electron chi connectivity index (χ3n) is 23.9. The Balaban J connectivity index is 0.00000978. The van der Waals surface area contributed by atoms with Gasteiger partial charge in [-0.05, 0) is 248 Å². The first kappa shape index (κ1) is 78.0. The van der Waals surface area contributed by atoms with Gasteiger partial charge in [0.25, 0.3) is 0 Å². The van der Waals surface area contributed by atoms with Crippen LogP contribution in [0.25, 0.3) is 227 Å². The molecule has 24 bridgehead atoms. The predicted molar refractivity (Wildman–Crippen MR) is 520 cm³/mol. The van der Waals surface area contributed by atoms with Crippen molar-refractivity contribution in [1.29, 1.82) is 0 Å². The Bertz CT molecular complexity index is 7970. The Morgan fingerprint density at radius 1 is 0.240 bits per heavy atom. The molecular formula is C112H72N12O4Zn. The molecule has 0 saturated carbocycles. The fourth-order valence-corrected chi connectivity index (χ4v) is 17.9. The second kappa shape index (κ2) is 32.6. The summed E-state index contributed by atoms with van der Waals surface area (Å²) in [5.41, 5.74) is 30.1. The maximum atomic E-state index is 5.86. The largest absolute Gasteiger partial charge is 2.00 e. The maximum Gasteiger partial charge on any atom is 2.00 e. The minimum Gasteiger partial charge on any atom is -0.656 e. The Morgan fingerprint density at radius 2 is 0.535 bits per heavy atom. The number of ether oxygens (including phenoxy) is 4. The number of hydrogen-bond donors (Lipinski definition) is 4. The molecule has 23 rings (SSSR count). The summed E-state index contributed by atoms with van der Waals surface area (Å²) < 4.78 is 23.4. The van der Waals surface area contributed by atoms with E-state index in [1.807, 2.05) is 121 Å². The van der Waals surface area contributed by atoms with E-state index in [1.165, 1.54) is 0 Å². The summed E-state index contributed by atoms with van der Waals surface area (Å²) in [6.45, 7) is 0. The molecule has 0 atom stereocenters. The first-order chi connectivity index (χ1) is 63.1. The van der Waals surface area contributed by atoms with Gasteiger partial charge in [-0.25, -0.2) is 29.9 Å². The summed E-state index contributed by atoms with van der Waals surface area (Å²) in [5.74, 6) is 18.1. The number of aromatic amines is 4. The van der Waals surface area contributed by atoms with Crippen molar-refractivity contribution in [3.63, 3.8) is 0 Å². The second-order valence-corrected chi connectivity index (χ2v) is 31.6. The summed E-state index contributed by atoms with van der Waals surface area (Å²) in [5, 5.41) is 4.13. The molecule has 6 aliphatic heterocycles. The molecule has 9 aromatic heterocycles. The molecule has 6 aliphatic rings. The topological polar surface area (TPSA) is 206 Å². The molecule has 17 heteroatoms. The SMILES string of the molecule is COc1cccc(-c2c3nc(c(C#Cc4c5nc(c(-c6cccc7ccccc67)c6ccc([n-]6)c(C#Cc6c7nc(c(-c8cccc(OC)c8)c8ccc(cc9nc(c(-c%10cccc(OC)c%10)c%10ccc6[nH]%10)C=C9)[nH]8)C=C7)c6nc(c(-c7cccc8ccccc78)c7ccc4[n-]7)C=C6)C=C5)c4ccc([nH]4)c(-c4cccc(OC)c4)c4nc(cc5ccc2[nH]5)C=C4)C=C3)c1.[Zn+2]. The quantitative estimate of drug-likeness (QED) is 0.0746. The third kappa shape index (κ3) is 14.4. The predicted octanol–water partition coefficient (Wildman–Crippen LogP) is 25.0. The number of methoxy groups -OCH3 is 4. The number of benzene rings is 8. The van der Waals surface area contributed by atoms with Crippen LogP contribution in [0.5, 0.6) is 23.0 Å². The fourth-order valence-electron chi connectivity index (χ4n) is 17.9. The standard InChI is InChI=1S/C112H72N12O4.Zn/c1-125-75-23-9-19-67(59-75)107-95-39-31-71(113-95)63-72-32-40-96(114-72)108(68-20-10-24-76(60-68)126-2)100-52-44-88(118-100)83(87-43-51-99(107)117-87)35-37-85-91-47-55-103(121-91)111(81-29-13-17-65-15-5-7-27-79(65)81)105-57-49-93(123-105)86(94-50-58-106(124-94)112(104-56-48-92(85)122-104)82-30-14-18-66-16-6-8-28-80(66)82)38-36-84-89-45-53-101(119-89)109(69-21-11-25-77(61-69)127-3)97-41-33-73(115-97)64-74-34-42-98(116-74)110(102-54-46-90(84)120-102)70-22-12-26-78(62-70)128-4;/h5-34,39-64,113,115,118,120H,1-4H3;/q-2;+2. The molecule has 0 fully saturated rings. The van der Waals surface area contributed by atoms with Crippen LogP contribution in [0.3, 0.4) is 0 Å². The Morgan fingerprint density at radius 3 is 0.922 bits per heavy atom. The Kier molecular flexibility index (Phi) is 19.7. The number of nitrogens with zero attached hydrogens (tertiary/aromatic N) is 8. The van der Waals surface area contributed by atoms with Crippen molar-refractivity contribution in [2.75, 3.05) is 28.4 Å². The van der Waals surface area contributed by atoms with Gasteiger partial charge in [-0.1, -0.05) is 181 Å². The number of hydrogen-bond acceptors (Lipinski definition) is 10. The molecule has 129 heavy (non-hydrogen) atoms. The molecule has 17 aromatic rings. The molecule has 0 saturated heterocycles. The van der Waals surface area contributed by atoms with E-state index >= 15 is 0 Å². The number of aromatic nitrogens is 12. The zero-order chi connectivity index (χ0) is 85.5. The van der Waals surface area contributed by atoms with Crippen LogP contribution in [-0.2, 0) is 19.5 Å². The summed E-state index contributed by atoms with van der Waals surface area (Å²) >= 11 is 0. The summed E-state index contributed by atoms with van der Waals surface area (Å²) in [6.07, 6.45) is 24.6. The summed E-state index contributed by atoms with van der Waals surface area (Å²) in [6, 6.07) is 90.8. The van der Waals surface area contributed by atoms with Gasteiger partial charge < -0.3 is 48.9 Å². The first-order valence-corrected chi connectivity index (χ1v) is 42.0. The van der Waals surface area contributed by atoms with Crippen molar-refractivity contribution in [3.05, 3.63) is 358 Å². The van der Waals surface area contributed by atoms with Crippen LogP contribution in [0.2, 0.25) is 0 Å². The van der Waals surface area contributed by atoms with Crippen LogP contribution in [0.1, 0.15) is 90.6 Å². The molecule has 0 amide bonds. The number of H-pyrrole nitrogens is 4. The Hall–Kier alpha value is -17.0. The van der Waals surface area contributed by atoms with Gasteiger partial charge in [0.05, 0.1) is 119 Å². The van der Waals surface area contributed by atoms with Crippen molar-refractivity contribution in [3.8, 4) is 113 Å². The molecule has 606 valence electrons. The van der Waals surface area contributed by atoms with Crippen LogP contribution in [0.15, 0.2) is 267 Å². The molecule has 16 nitrogen and oxygen atoms in total. The van der Waals surface area contributed by atoms with Gasteiger partial charge in [0.15, 0.2) is 0 Å². The Labute approximate surface area is 753 Å². The molecule has 8 aromatic carbocycles. The molecule has 0 spiro atoms. The van der Waals surface area contributed by atoms with Gasteiger partial charge >= 0.3 is 19.5 Å². The van der Waals surface area contributed by atoms with E-state index in [9.17, 15) is 0 Å². The average molecular weight is 1720 g/mol. The van der Waals surface area contributed by atoms with Crippen LogP contribution in [-0.4, -0.2) is 78.3 Å². The van der Waals surface area contributed by atoms with E-state index in [0.29, 0.717) is 113 Å². The minimum absolute atomic E-state index is 0. The van der Waals surface area contributed by atoms with Crippen molar-refractivity contribution < 1.29 is 38.4 Å². The van der Waals surface area contributed by atoms with E-state index in [4.69, 9.17) is 58.8 Å². The van der Waals surface area contributed by atoms with E-state index in [-0.39, 0.29) is 19.5 Å². The van der Waals surface area contributed by atoms with E-state index in [2.05, 4.69) is 262 Å². The molecule has 0 aliphatic carbocycles. The van der Waals surface area contributed by atoms with Gasteiger partial charge in [0.1, 0.15) is 23.0 Å². The van der Waals surface area contributed by atoms with Crippen LogP contribution in [0, 0.1) is 23.7 Å². The smallest absolute Gasteiger partial charge is 0.656 e. The van der Waals surface area contributed by atoms with Crippen LogP contribution in [0.4, 0.5) is 0 Å². The van der Waals surface area contributed by atoms with Crippen LogP contribution < -0.4 is 28.9 Å². The number of nitrogens with one attached hydrogen (secondary N) is 4. The van der Waals surface area contributed by atoms with E-state index in [0.717, 1.165) is 156 Å². The molecule has 15 heterocycles. The zero-order valence-electron chi connectivity index (χ0n) is 70.2. The monoisotopic (exact) mass is 1710 g/mol. The average Bonchev–Trinajstić information content (AvgIpc) is 1.67. The molecule has 4 N–H and O–H groups in total. The zero-order valence-corrected chi connectivity index (χ0v) is 73.2. The third-order valence-corrected chi connectivity index (χ3v) is 23.9. The van der Waals surface area contributed by atoms with E-state index < -0.39 is 0 Å². The maximum absolute atomic E-state index is 5.86. The summed E-state index contributed by atoms with van der Waals surface area (Å²) in [7, 11) is 6.72. The number of fused-ring (bicyclic) bond motifs is 26. The minimum atomic E-state index is 0. The van der Waals surface area contributed by atoms with Gasteiger partial charge in [-0.15, -0.1) is 22.1 Å². The number of rotatable bonds is 10. The van der Waals surface area contributed by atoms with Crippen LogP contribution >= 0.6 is 0 Å². The van der Waals surface area contributed by atoms with E-state index in [1.54, 1.807) is 28.4 Å². The summed E-state index contributed by atoms with van der Waals surface area (Å²) in [4.78, 5) is 60.1. The van der Waals surface area contributed by atoms with Crippen molar-refractivity contribution in [2.24, 2.45) is 0 Å². The fraction of sp³-hybridized carbons (Fsp3) is 0.0357. The van der Waals surface area contributed by atoms with Gasteiger partial charge in [-0.2, -0.15) is 0 Å². The molecular weight excluding hydrogens is 1640 g/mol. The van der Waals surface area contributed by atoms with Crippen molar-refractivity contribution >= 4 is 161 Å². The van der Waals surface area contributed by atoms with Gasteiger partial charge in [0.2, 0.25) is 0 Å². The van der Waals surface area contributed by atoms with Crippen molar-refractivity contribution in [2.45, 2.75) is 0 Å². The first-order valence-electron chi connectivity index (χ1n) is 42.0.